The van der Waals surface area contributed by atoms with Gasteiger partial charge in [0.2, 0.25) is 0 Å². The molecule has 1 aliphatic carbocycles. The number of Topliss-reactive ketones (excluding diaryl/α,β-unsaturated/α-hetero) is 1. The van der Waals surface area contributed by atoms with E-state index in [9.17, 15) is 4.79 Å². The van der Waals surface area contributed by atoms with Gasteiger partial charge in [-0.15, -0.1) is 11.8 Å². The largest absolute Gasteiger partial charge is 0.497 e. The van der Waals surface area contributed by atoms with Crippen molar-refractivity contribution in [2.75, 3.05) is 7.11 Å². The Bertz CT molecular complexity index is 423. The van der Waals surface area contributed by atoms with E-state index in [0.29, 0.717) is 17.5 Å². The van der Waals surface area contributed by atoms with Gasteiger partial charge in [-0.2, -0.15) is 0 Å². The maximum absolute atomic E-state index is 11.6. The Labute approximate surface area is 113 Å². The van der Waals surface area contributed by atoms with Gasteiger partial charge >= 0.3 is 0 Å². The molecule has 1 atom stereocenters. The van der Waals surface area contributed by atoms with E-state index >= 15 is 0 Å². The summed E-state index contributed by atoms with van der Waals surface area (Å²) in [4.78, 5) is 12.8. The molecule has 0 aromatic heterocycles. The molecule has 0 saturated heterocycles. The van der Waals surface area contributed by atoms with Gasteiger partial charge in [0.05, 0.1) is 7.11 Å². The lowest BCUT2D eigenvalue weighted by atomic mass is 9.76. The lowest BCUT2D eigenvalue weighted by molar-refractivity contribution is -0.121. The fourth-order valence-electron chi connectivity index (χ4n) is 2.23. The number of ketones is 1. The standard InChI is InChI=1S/C15H20O2S/c1-15(2)9-8-11(16)10-14(15)18-13-6-4-12(17-3)5-7-13/h4-7,14H,8-10H2,1-3H3/t14-/m1/s1. The van der Waals surface area contributed by atoms with Crippen molar-refractivity contribution in [3.8, 4) is 5.75 Å². The van der Waals surface area contributed by atoms with Crippen molar-refractivity contribution in [1.29, 1.82) is 0 Å². The number of ether oxygens (including phenoxy) is 1. The van der Waals surface area contributed by atoms with Gasteiger partial charge in [0.1, 0.15) is 11.5 Å². The molecule has 1 aromatic rings. The van der Waals surface area contributed by atoms with Gasteiger partial charge in [0.15, 0.2) is 0 Å². The Morgan fingerprint density at radius 1 is 1.28 bits per heavy atom. The summed E-state index contributed by atoms with van der Waals surface area (Å²) in [6, 6.07) is 8.08. The third-order valence-electron chi connectivity index (χ3n) is 3.67. The maximum atomic E-state index is 11.6. The highest BCUT2D eigenvalue weighted by atomic mass is 32.2. The van der Waals surface area contributed by atoms with Gasteiger partial charge in [0, 0.05) is 23.0 Å². The van der Waals surface area contributed by atoms with Crippen LogP contribution in [0.1, 0.15) is 33.1 Å². The summed E-state index contributed by atoms with van der Waals surface area (Å²) in [6.45, 7) is 4.53. The van der Waals surface area contributed by atoms with Crippen LogP contribution in [0.3, 0.4) is 0 Å². The number of hydrogen-bond donors (Lipinski definition) is 0. The Morgan fingerprint density at radius 3 is 2.56 bits per heavy atom. The zero-order valence-corrected chi connectivity index (χ0v) is 12.0. The molecule has 1 fully saturated rings. The molecule has 1 saturated carbocycles. The molecule has 1 aliphatic rings. The Hall–Kier alpha value is -0.960. The Balaban J connectivity index is 2.08. The molecule has 0 spiro atoms. The van der Waals surface area contributed by atoms with Crippen LogP contribution in [-0.4, -0.2) is 18.1 Å². The quantitative estimate of drug-likeness (QED) is 0.827. The van der Waals surface area contributed by atoms with Crippen LogP contribution < -0.4 is 4.74 Å². The number of carbonyl (C=O) groups is 1. The number of rotatable bonds is 3. The summed E-state index contributed by atoms with van der Waals surface area (Å²) >= 11 is 1.82. The first kappa shape index (κ1) is 13.5. The average Bonchev–Trinajstić information content (AvgIpc) is 2.35. The minimum atomic E-state index is 0.235. The van der Waals surface area contributed by atoms with Gasteiger partial charge in [0.25, 0.3) is 0 Å². The fourth-order valence-corrected chi connectivity index (χ4v) is 3.56. The van der Waals surface area contributed by atoms with Crippen LogP contribution in [0.2, 0.25) is 0 Å². The lowest BCUT2D eigenvalue weighted by Crippen LogP contribution is -2.34. The number of carbonyl (C=O) groups excluding carboxylic acids is 1. The van der Waals surface area contributed by atoms with E-state index in [1.165, 1.54) is 4.90 Å². The van der Waals surface area contributed by atoms with Crippen molar-refractivity contribution in [2.45, 2.75) is 43.3 Å². The van der Waals surface area contributed by atoms with Crippen molar-refractivity contribution < 1.29 is 9.53 Å². The van der Waals surface area contributed by atoms with Crippen molar-refractivity contribution in [1.82, 2.24) is 0 Å². The first-order valence-corrected chi connectivity index (χ1v) is 7.21. The van der Waals surface area contributed by atoms with Gasteiger partial charge in [-0.25, -0.2) is 0 Å². The molecule has 0 heterocycles. The van der Waals surface area contributed by atoms with Crippen molar-refractivity contribution in [3.63, 3.8) is 0 Å². The molecule has 2 rings (SSSR count). The van der Waals surface area contributed by atoms with Crippen molar-refractivity contribution in [3.05, 3.63) is 24.3 Å². The molecular weight excluding hydrogens is 244 g/mol. The fraction of sp³-hybridized carbons (Fsp3) is 0.533. The first-order valence-electron chi connectivity index (χ1n) is 6.34. The molecule has 0 bridgehead atoms. The van der Waals surface area contributed by atoms with E-state index in [1.54, 1.807) is 7.11 Å². The number of methoxy groups -OCH3 is 1. The summed E-state index contributed by atoms with van der Waals surface area (Å²) in [7, 11) is 1.67. The van der Waals surface area contributed by atoms with Crippen LogP contribution in [0.25, 0.3) is 0 Å². The summed E-state index contributed by atoms with van der Waals surface area (Å²) < 4.78 is 5.15. The van der Waals surface area contributed by atoms with Crippen LogP contribution in [0.4, 0.5) is 0 Å². The highest BCUT2D eigenvalue weighted by molar-refractivity contribution is 8.00. The summed E-state index contributed by atoms with van der Waals surface area (Å²) in [5, 5.41) is 0.382. The Morgan fingerprint density at radius 2 is 1.94 bits per heavy atom. The van der Waals surface area contributed by atoms with E-state index in [-0.39, 0.29) is 5.41 Å². The van der Waals surface area contributed by atoms with E-state index in [4.69, 9.17) is 4.74 Å². The predicted octanol–water partition coefficient (Wildman–Crippen LogP) is 3.94. The van der Waals surface area contributed by atoms with Gasteiger partial charge < -0.3 is 4.74 Å². The van der Waals surface area contributed by atoms with E-state index in [2.05, 4.69) is 26.0 Å². The van der Waals surface area contributed by atoms with Crippen LogP contribution in [0.5, 0.6) is 5.75 Å². The number of benzene rings is 1. The minimum absolute atomic E-state index is 0.235. The van der Waals surface area contributed by atoms with Crippen LogP contribution in [-0.2, 0) is 4.79 Å². The number of thioether (sulfide) groups is 1. The molecular formula is C15H20O2S. The van der Waals surface area contributed by atoms with Gasteiger partial charge in [-0.1, -0.05) is 13.8 Å². The zero-order chi connectivity index (χ0) is 13.2. The third-order valence-corrected chi connectivity index (χ3v) is 5.30. The molecule has 0 amide bonds. The predicted molar refractivity (Wildman–Crippen MR) is 75.3 cm³/mol. The summed E-state index contributed by atoms with van der Waals surface area (Å²) in [6.07, 6.45) is 2.44. The molecule has 18 heavy (non-hydrogen) atoms. The molecule has 0 radical (unpaired) electrons. The highest BCUT2D eigenvalue weighted by Gasteiger charge is 2.36. The monoisotopic (exact) mass is 264 g/mol. The molecule has 0 aliphatic heterocycles. The lowest BCUT2D eigenvalue weighted by Gasteiger charge is -2.37. The second kappa shape index (κ2) is 5.35. The van der Waals surface area contributed by atoms with Crippen molar-refractivity contribution >= 4 is 17.5 Å². The van der Waals surface area contributed by atoms with E-state index in [0.717, 1.165) is 18.6 Å². The molecule has 98 valence electrons. The number of hydrogen-bond acceptors (Lipinski definition) is 3. The molecule has 3 heteroatoms. The van der Waals surface area contributed by atoms with Gasteiger partial charge in [-0.3, -0.25) is 4.79 Å². The Kier molecular flexibility index (Phi) is 4.00. The highest BCUT2D eigenvalue weighted by Crippen LogP contribution is 2.44. The summed E-state index contributed by atoms with van der Waals surface area (Å²) in [5.41, 5.74) is 0.235. The normalized spacial score (nSPS) is 22.8. The van der Waals surface area contributed by atoms with Crippen LogP contribution in [0, 0.1) is 5.41 Å². The summed E-state index contributed by atoms with van der Waals surface area (Å²) in [5.74, 6) is 1.28. The second-order valence-corrected chi connectivity index (χ2v) is 6.79. The molecule has 0 unspecified atom stereocenters. The zero-order valence-electron chi connectivity index (χ0n) is 11.2. The minimum Gasteiger partial charge on any atom is -0.497 e. The second-order valence-electron chi connectivity index (χ2n) is 5.51. The van der Waals surface area contributed by atoms with E-state index < -0.39 is 0 Å². The van der Waals surface area contributed by atoms with Gasteiger partial charge in [-0.05, 0) is 36.1 Å². The third kappa shape index (κ3) is 3.08. The molecule has 0 N–H and O–H groups in total. The van der Waals surface area contributed by atoms with E-state index in [1.807, 2.05) is 23.9 Å². The van der Waals surface area contributed by atoms with Crippen LogP contribution >= 0.6 is 11.8 Å². The first-order chi connectivity index (χ1) is 8.51. The van der Waals surface area contributed by atoms with Crippen molar-refractivity contribution in [2.24, 2.45) is 5.41 Å². The maximum Gasteiger partial charge on any atom is 0.134 e. The SMILES string of the molecule is COc1ccc(S[C@@H]2CC(=O)CCC2(C)C)cc1. The average molecular weight is 264 g/mol. The molecule has 1 aromatic carbocycles. The van der Waals surface area contributed by atoms with Crippen LogP contribution in [0.15, 0.2) is 29.2 Å². The smallest absolute Gasteiger partial charge is 0.134 e. The topological polar surface area (TPSA) is 26.3 Å². The molecule has 2 nitrogen and oxygen atoms in total.